The van der Waals surface area contributed by atoms with Crippen molar-refractivity contribution in [3.05, 3.63) is 53.9 Å². The first-order chi connectivity index (χ1) is 8.36. The van der Waals surface area contributed by atoms with Gasteiger partial charge in [0.15, 0.2) is 0 Å². The summed E-state index contributed by atoms with van der Waals surface area (Å²) >= 11 is 0. The number of nitrogens with zero attached hydrogens (tertiary/aromatic N) is 1. The Morgan fingerprint density at radius 3 is 2.82 bits per heavy atom. The fraction of sp³-hybridized carbons (Fsp3) is 0.214. The molecular weight excluding hydrogens is 212 g/mol. The molecule has 0 saturated heterocycles. The van der Waals surface area contributed by atoms with E-state index in [9.17, 15) is 0 Å². The summed E-state index contributed by atoms with van der Waals surface area (Å²) in [5.74, 6) is 0.918. The van der Waals surface area contributed by atoms with Gasteiger partial charge in [-0.25, -0.2) is 0 Å². The predicted octanol–water partition coefficient (Wildman–Crippen LogP) is 2.80. The van der Waals surface area contributed by atoms with Gasteiger partial charge in [0.2, 0.25) is 0 Å². The van der Waals surface area contributed by atoms with Crippen LogP contribution >= 0.6 is 0 Å². The van der Waals surface area contributed by atoms with Crippen LogP contribution in [0.5, 0.6) is 5.75 Å². The van der Waals surface area contributed by atoms with Crippen LogP contribution in [0.1, 0.15) is 17.2 Å². The van der Waals surface area contributed by atoms with Gasteiger partial charge in [-0.1, -0.05) is 0 Å². The second kappa shape index (κ2) is 4.09. The molecule has 2 heterocycles. The lowest BCUT2D eigenvalue weighted by Gasteiger charge is -2.10. The lowest BCUT2D eigenvalue weighted by atomic mass is 10.0. The molecule has 1 unspecified atom stereocenters. The second-order valence-electron chi connectivity index (χ2n) is 4.20. The Morgan fingerprint density at radius 2 is 2.06 bits per heavy atom. The maximum absolute atomic E-state index is 5.24. The Bertz CT molecular complexity index is 525. The van der Waals surface area contributed by atoms with Crippen LogP contribution in [0, 0.1) is 0 Å². The van der Waals surface area contributed by atoms with Crippen LogP contribution in [-0.2, 0) is 6.42 Å². The van der Waals surface area contributed by atoms with Gasteiger partial charge in [0, 0.05) is 18.1 Å². The van der Waals surface area contributed by atoms with Crippen LogP contribution < -0.4 is 10.1 Å². The highest BCUT2D eigenvalue weighted by atomic mass is 16.5. The molecule has 1 aromatic carbocycles. The minimum Gasteiger partial charge on any atom is -0.497 e. The summed E-state index contributed by atoms with van der Waals surface area (Å²) in [5.41, 5.74) is 3.79. The molecule has 1 aromatic heterocycles. The van der Waals surface area contributed by atoms with Gasteiger partial charge in [-0.2, -0.15) is 0 Å². The van der Waals surface area contributed by atoms with E-state index in [2.05, 4.69) is 34.6 Å². The third-order valence-electron chi connectivity index (χ3n) is 3.17. The van der Waals surface area contributed by atoms with Crippen molar-refractivity contribution in [2.75, 3.05) is 12.4 Å². The van der Waals surface area contributed by atoms with Gasteiger partial charge in [-0.3, -0.25) is 4.98 Å². The normalized spacial score (nSPS) is 17.4. The molecule has 1 N–H and O–H groups in total. The first-order valence-corrected chi connectivity index (χ1v) is 5.70. The van der Waals surface area contributed by atoms with Crippen LogP contribution in [0.2, 0.25) is 0 Å². The van der Waals surface area contributed by atoms with E-state index in [0.29, 0.717) is 6.04 Å². The molecule has 0 bridgehead atoms. The van der Waals surface area contributed by atoms with E-state index in [0.717, 1.165) is 12.2 Å². The number of pyridine rings is 1. The van der Waals surface area contributed by atoms with Gasteiger partial charge in [0.05, 0.1) is 13.2 Å². The number of ether oxygens (including phenoxy) is 1. The molecule has 1 aliphatic rings. The molecule has 2 aromatic rings. The molecule has 1 atom stereocenters. The predicted molar refractivity (Wildman–Crippen MR) is 67.3 cm³/mol. The molecule has 86 valence electrons. The van der Waals surface area contributed by atoms with E-state index >= 15 is 0 Å². The van der Waals surface area contributed by atoms with Gasteiger partial charge >= 0.3 is 0 Å². The van der Waals surface area contributed by atoms with Crippen molar-refractivity contribution in [2.24, 2.45) is 0 Å². The highest BCUT2D eigenvalue weighted by molar-refractivity contribution is 5.60. The van der Waals surface area contributed by atoms with Gasteiger partial charge in [0.25, 0.3) is 0 Å². The number of hydrogen-bond donors (Lipinski definition) is 1. The van der Waals surface area contributed by atoms with Crippen molar-refractivity contribution in [2.45, 2.75) is 12.5 Å². The van der Waals surface area contributed by atoms with Crippen LogP contribution in [0.3, 0.4) is 0 Å². The summed E-state index contributed by atoms with van der Waals surface area (Å²) in [5, 5.41) is 3.52. The molecule has 0 amide bonds. The summed E-state index contributed by atoms with van der Waals surface area (Å²) < 4.78 is 5.24. The van der Waals surface area contributed by atoms with E-state index in [1.54, 1.807) is 7.11 Å². The van der Waals surface area contributed by atoms with Crippen molar-refractivity contribution in [3.63, 3.8) is 0 Å². The number of hydrogen-bond acceptors (Lipinski definition) is 3. The Balaban J connectivity index is 1.88. The lowest BCUT2D eigenvalue weighted by molar-refractivity contribution is 0.414. The highest BCUT2D eigenvalue weighted by Gasteiger charge is 2.22. The van der Waals surface area contributed by atoms with Gasteiger partial charge in [-0.15, -0.1) is 0 Å². The van der Waals surface area contributed by atoms with E-state index in [-0.39, 0.29) is 0 Å². The van der Waals surface area contributed by atoms with Crippen LogP contribution in [-0.4, -0.2) is 12.1 Å². The molecule has 3 nitrogen and oxygen atoms in total. The zero-order valence-electron chi connectivity index (χ0n) is 9.68. The van der Waals surface area contributed by atoms with Gasteiger partial charge < -0.3 is 10.1 Å². The molecule has 3 heteroatoms. The van der Waals surface area contributed by atoms with Crippen molar-refractivity contribution >= 4 is 5.69 Å². The topological polar surface area (TPSA) is 34.1 Å². The third kappa shape index (κ3) is 1.84. The standard InChI is InChI=1S/C14H14N2O/c1-17-12-2-3-13-11(8-12)9-14(16-13)10-4-6-15-7-5-10/h2-8,14,16H,9H2,1H3. The van der Waals surface area contributed by atoms with Crippen molar-refractivity contribution in [3.8, 4) is 5.75 Å². The zero-order chi connectivity index (χ0) is 11.7. The Morgan fingerprint density at radius 1 is 1.24 bits per heavy atom. The fourth-order valence-electron chi connectivity index (χ4n) is 2.26. The first-order valence-electron chi connectivity index (χ1n) is 5.70. The molecule has 1 aliphatic heterocycles. The fourth-order valence-corrected chi connectivity index (χ4v) is 2.26. The number of fused-ring (bicyclic) bond motifs is 1. The number of methoxy groups -OCH3 is 1. The summed E-state index contributed by atoms with van der Waals surface area (Å²) in [4.78, 5) is 4.05. The quantitative estimate of drug-likeness (QED) is 0.855. The Hall–Kier alpha value is -2.03. The third-order valence-corrected chi connectivity index (χ3v) is 3.17. The highest BCUT2D eigenvalue weighted by Crippen LogP contribution is 2.35. The first kappa shape index (κ1) is 10.1. The molecular formula is C14H14N2O. The smallest absolute Gasteiger partial charge is 0.119 e. The maximum Gasteiger partial charge on any atom is 0.119 e. The zero-order valence-corrected chi connectivity index (χ0v) is 9.68. The van der Waals surface area contributed by atoms with Gasteiger partial charge in [-0.05, 0) is 47.9 Å². The molecule has 0 saturated carbocycles. The maximum atomic E-state index is 5.24. The van der Waals surface area contributed by atoms with E-state index in [1.165, 1.54) is 16.8 Å². The van der Waals surface area contributed by atoms with Crippen LogP contribution in [0.25, 0.3) is 0 Å². The Labute approximate surface area is 100 Å². The van der Waals surface area contributed by atoms with E-state index in [4.69, 9.17) is 4.74 Å². The van der Waals surface area contributed by atoms with Crippen molar-refractivity contribution in [1.29, 1.82) is 0 Å². The molecule has 0 spiro atoms. The van der Waals surface area contributed by atoms with Crippen LogP contribution in [0.15, 0.2) is 42.7 Å². The number of nitrogens with one attached hydrogen (secondary N) is 1. The number of benzene rings is 1. The monoisotopic (exact) mass is 226 g/mol. The number of aromatic nitrogens is 1. The Kier molecular flexibility index (Phi) is 2.44. The summed E-state index contributed by atoms with van der Waals surface area (Å²) in [7, 11) is 1.70. The summed E-state index contributed by atoms with van der Waals surface area (Å²) in [6, 6.07) is 10.6. The van der Waals surface area contributed by atoms with E-state index < -0.39 is 0 Å². The largest absolute Gasteiger partial charge is 0.497 e. The molecule has 17 heavy (non-hydrogen) atoms. The van der Waals surface area contributed by atoms with Crippen molar-refractivity contribution in [1.82, 2.24) is 4.98 Å². The summed E-state index contributed by atoms with van der Waals surface area (Å²) in [6.07, 6.45) is 4.66. The average molecular weight is 226 g/mol. The molecule has 0 fully saturated rings. The second-order valence-corrected chi connectivity index (χ2v) is 4.20. The van der Waals surface area contributed by atoms with Crippen molar-refractivity contribution < 1.29 is 4.74 Å². The van der Waals surface area contributed by atoms with Gasteiger partial charge in [0.1, 0.15) is 5.75 Å². The molecule has 0 aliphatic carbocycles. The minimum atomic E-state index is 0.347. The molecule has 0 radical (unpaired) electrons. The summed E-state index contributed by atoms with van der Waals surface area (Å²) in [6.45, 7) is 0. The SMILES string of the molecule is COc1ccc2c(c1)CC(c1ccncc1)N2. The average Bonchev–Trinajstić information content (AvgIpc) is 2.82. The number of rotatable bonds is 2. The molecule has 3 rings (SSSR count). The minimum absolute atomic E-state index is 0.347. The van der Waals surface area contributed by atoms with E-state index in [1.807, 2.05) is 18.5 Å². The number of anilines is 1. The lowest BCUT2D eigenvalue weighted by Crippen LogP contribution is -2.05. The van der Waals surface area contributed by atoms with Crippen LogP contribution in [0.4, 0.5) is 5.69 Å².